The van der Waals surface area contributed by atoms with Crippen LogP contribution in [-0.4, -0.2) is 57.4 Å². The largest absolute Gasteiger partial charge is 0.347 e. The number of rotatable bonds is 5. The van der Waals surface area contributed by atoms with Gasteiger partial charge in [-0.05, 0) is 25.5 Å². The fraction of sp³-hybridized carbons (Fsp3) is 0.611. The van der Waals surface area contributed by atoms with Gasteiger partial charge in [-0.15, -0.1) is 0 Å². The van der Waals surface area contributed by atoms with Crippen molar-refractivity contribution in [3.05, 3.63) is 29.8 Å². The molecule has 0 aromatic heterocycles. The smallest absolute Gasteiger partial charge is 0.241 e. The molecule has 3 rings (SSSR count). The monoisotopic (exact) mass is 382 g/mol. The minimum absolute atomic E-state index is 0.166. The van der Waals surface area contributed by atoms with Gasteiger partial charge >= 0.3 is 0 Å². The number of piperidine rings is 1. The van der Waals surface area contributed by atoms with E-state index in [0.29, 0.717) is 45.6 Å². The van der Waals surface area contributed by atoms with Crippen LogP contribution in [0.25, 0.3) is 0 Å². The van der Waals surface area contributed by atoms with Gasteiger partial charge in [-0.3, -0.25) is 4.79 Å². The molecule has 8 heteroatoms. The predicted molar refractivity (Wildman–Crippen MR) is 96.0 cm³/mol. The number of likely N-dealkylation sites (tertiary alicyclic amines) is 1. The maximum absolute atomic E-state index is 12.8. The second-order valence-electron chi connectivity index (χ2n) is 6.83. The van der Waals surface area contributed by atoms with Crippen molar-refractivity contribution in [3.63, 3.8) is 0 Å². The lowest BCUT2D eigenvalue weighted by atomic mass is 10.0. The summed E-state index contributed by atoms with van der Waals surface area (Å²) in [5.41, 5.74) is 0.977. The molecule has 1 atom stereocenters. The first kappa shape index (κ1) is 19.3. The molecular weight excluding hydrogens is 356 g/mol. The fourth-order valence-electron chi connectivity index (χ4n) is 3.35. The second-order valence-corrected chi connectivity index (χ2v) is 8.54. The van der Waals surface area contributed by atoms with Crippen LogP contribution in [-0.2, 0) is 24.3 Å². The molecule has 144 valence electrons. The third kappa shape index (κ3) is 4.09. The lowest BCUT2D eigenvalue weighted by Gasteiger charge is -2.38. The minimum Gasteiger partial charge on any atom is -0.347 e. The topological polar surface area (TPSA) is 84.9 Å². The number of carbonyl (C=O) groups excluding carboxylic acids is 1. The number of sulfonamides is 1. The molecule has 1 spiro atoms. The molecule has 0 aliphatic carbocycles. The van der Waals surface area contributed by atoms with Gasteiger partial charge in [-0.1, -0.05) is 24.6 Å². The maximum atomic E-state index is 12.8. The number of amides is 1. The van der Waals surface area contributed by atoms with Gasteiger partial charge in [0.1, 0.15) is 6.04 Å². The molecular formula is C18H26N2O5S. The highest BCUT2D eigenvalue weighted by Crippen LogP contribution is 2.31. The van der Waals surface area contributed by atoms with E-state index in [1.165, 1.54) is 0 Å². The molecule has 1 aromatic rings. The van der Waals surface area contributed by atoms with Crippen LogP contribution in [0.2, 0.25) is 0 Å². The molecule has 2 heterocycles. The SMILES string of the molecule is CCC(NS(=O)(=O)c1ccc(C)cc1)C(=O)N1CCC2(CC1)OCCO2. The van der Waals surface area contributed by atoms with Crippen molar-refractivity contribution in [1.29, 1.82) is 0 Å². The maximum Gasteiger partial charge on any atom is 0.241 e. The van der Waals surface area contributed by atoms with Gasteiger partial charge in [0.2, 0.25) is 15.9 Å². The molecule has 0 saturated carbocycles. The average Bonchev–Trinajstić information content (AvgIpc) is 3.08. The number of carbonyl (C=O) groups is 1. The van der Waals surface area contributed by atoms with Gasteiger partial charge in [0.15, 0.2) is 5.79 Å². The number of benzene rings is 1. The summed E-state index contributed by atoms with van der Waals surface area (Å²) in [5.74, 6) is -0.754. The van der Waals surface area contributed by atoms with E-state index in [2.05, 4.69) is 4.72 Å². The normalized spacial score (nSPS) is 21.1. The quantitative estimate of drug-likeness (QED) is 0.832. The number of aryl methyl sites for hydroxylation is 1. The lowest BCUT2D eigenvalue weighted by molar-refractivity contribution is -0.187. The Morgan fingerprint density at radius 1 is 1.19 bits per heavy atom. The highest BCUT2D eigenvalue weighted by Gasteiger charge is 2.41. The van der Waals surface area contributed by atoms with E-state index in [4.69, 9.17) is 9.47 Å². The summed E-state index contributed by atoms with van der Waals surface area (Å²) in [6.07, 6.45) is 1.61. The van der Waals surface area contributed by atoms with Crippen molar-refractivity contribution in [1.82, 2.24) is 9.62 Å². The fourth-order valence-corrected chi connectivity index (χ4v) is 4.63. The van der Waals surface area contributed by atoms with E-state index >= 15 is 0 Å². The number of hydrogen-bond acceptors (Lipinski definition) is 5. The molecule has 0 radical (unpaired) electrons. The van der Waals surface area contributed by atoms with Gasteiger partial charge < -0.3 is 14.4 Å². The van der Waals surface area contributed by atoms with E-state index in [1.807, 2.05) is 6.92 Å². The van der Waals surface area contributed by atoms with E-state index in [-0.39, 0.29) is 10.8 Å². The molecule has 0 bridgehead atoms. The molecule has 2 aliphatic heterocycles. The standard InChI is InChI=1S/C18H26N2O5S/c1-3-16(19-26(22,23)15-6-4-14(2)5-7-15)17(21)20-10-8-18(9-11-20)24-12-13-25-18/h4-7,16,19H,3,8-13H2,1-2H3. The summed E-state index contributed by atoms with van der Waals surface area (Å²) in [5, 5.41) is 0. The van der Waals surface area contributed by atoms with Crippen LogP contribution in [0.1, 0.15) is 31.7 Å². The predicted octanol–water partition coefficient (Wildman–Crippen LogP) is 1.42. The molecule has 1 aromatic carbocycles. The van der Waals surface area contributed by atoms with Crippen LogP contribution in [0.15, 0.2) is 29.2 Å². The zero-order valence-corrected chi connectivity index (χ0v) is 16.0. The van der Waals surface area contributed by atoms with Crippen molar-refractivity contribution in [3.8, 4) is 0 Å². The summed E-state index contributed by atoms with van der Waals surface area (Å²) in [4.78, 5) is 14.7. The van der Waals surface area contributed by atoms with Gasteiger partial charge in [-0.2, -0.15) is 4.72 Å². The molecule has 7 nitrogen and oxygen atoms in total. The Bertz CT molecular complexity index is 731. The van der Waals surface area contributed by atoms with Crippen LogP contribution < -0.4 is 4.72 Å². The Morgan fingerprint density at radius 3 is 2.31 bits per heavy atom. The molecule has 26 heavy (non-hydrogen) atoms. The highest BCUT2D eigenvalue weighted by atomic mass is 32.2. The number of hydrogen-bond donors (Lipinski definition) is 1. The Kier molecular flexibility index (Phi) is 5.67. The molecule has 1 amide bonds. The van der Waals surface area contributed by atoms with Crippen LogP contribution in [0.5, 0.6) is 0 Å². The first-order valence-electron chi connectivity index (χ1n) is 9.01. The van der Waals surface area contributed by atoms with Gasteiger partial charge in [0.25, 0.3) is 0 Å². The van der Waals surface area contributed by atoms with Crippen LogP contribution >= 0.6 is 0 Å². The Balaban J connectivity index is 1.64. The summed E-state index contributed by atoms with van der Waals surface area (Å²) < 4.78 is 39.1. The molecule has 2 fully saturated rings. The van der Waals surface area contributed by atoms with Crippen LogP contribution in [0.4, 0.5) is 0 Å². The van der Waals surface area contributed by atoms with E-state index in [1.54, 1.807) is 36.1 Å². The van der Waals surface area contributed by atoms with Crippen molar-refractivity contribution in [2.24, 2.45) is 0 Å². The third-order valence-corrected chi connectivity index (χ3v) is 6.47. The summed E-state index contributed by atoms with van der Waals surface area (Å²) in [6, 6.07) is 5.80. The Labute approximate surface area is 154 Å². The second kappa shape index (κ2) is 7.64. The third-order valence-electron chi connectivity index (χ3n) is 4.99. The van der Waals surface area contributed by atoms with E-state index in [9.17, 15) is 13.2 Å². The number of nitrogens with one attached hydrogen (secondary N) is 1. The van der Waals surface area contributed by atoms with Crippen LogP contribution in [0.3, 0.4) is 0 Å². The number of nitrogens with zero attached hydrogens (tertiary/aromatic N) is 1. The first-order valence-corrected chi connectivity index (χ1v) is 10.5. The molecule has 1 unspecified atom stereocenters. The van der Waals surface area contributed by atoms with Crippen molar-refractivity contribution in [2.45, 2.75) is 49.8 Å². The molecule has 2 saturated heterocycles. The molecule has 2 aliphatic rings. The summed E-state index contributed by atoms with van der Waals surface area (Å²) in [6.45, 7) is 5.87. The Hall–Kier alpha value is -1.48. The van der Waals surface area contributed by atoms with Gasteiger partial charge in [0.05, 0.1) is 18.1 Å². The zero-order valence-electron chi connectivity index (χ0n) is 15.2. The summed E-state index contributed by atoms with van der Waals surface area (Å²) in [7, 11) is -3.74. The summed E-state index contributed by atoms with van der Waals surface area (Å²) >= 11 is 0. The van der Waals surface area contributed by atoms with E-state index in [0.717, 1.165) is 5.56 Å². The van der Waals surface area contributed by atoms with Crippen molar-refractivity contribution in [2.75, 3.05) is 26.3 Å². The molecule has 1 N–H and O–H groups in total. The lowest BCUT2D eigenvalue weighted by Crippen LogP contribution is -2.53. The minimum atomic E-state index is -3.74. The zero-order chi connectivity index (χ0) is 18.8. The van der Waals surface area contributed by atoms with Crippen molar-refractivity contribution < 1.29 is 22.7 Å². The Morgan fingerprint density at radius 2 is 1.77 bits per heavy atom. The van der Waals surface area contributed by atoms with Crippen molar-refractivity contribution >= 4 is 15.9 Å². The average molecular weight is 382 g/mol. The van der Waals surface area contributed by atoms with E-state index < -0.39 is 21.9 Å². The highest BCUT2D eigenvalue weighted by molar-refractivity contribution is 7.89. The van der Waals surface area contributed by atoms with Gasteiger partial charge in [0, 0.05) is 25.9 Å². The first-order chi connectivity index (χ1) is 12.4. The van der Waals surface area contributed by atoms with Gasteiger partial charge in [-0.25, -0.2) is 8.42 Å². The number of ether oxygens (including phenoxy) is 2. The van der Waals surface area contributed by atoms with Crippen LogP contribution in [0, 0.1) is 6.92 Å².